The van der Waals surface area contributed by atoms with Gasteiger partial charge in [0.1, 0.15) is 0 Å². The molecule has 0 aliphatic rings. The first-order valence-corrected chi connectivity index (χ1v) is 4.66. The van der Waals surface area contributed by atoms with Crippen molar-refractivity contribution in [3.8, 4) is 0 Å². The molecule has 14 heavy (non-hydrogen) atoms. The lowest BCUT2D eigenvalue weighted by Gasteiger charge is -2.02. The highest BCUT2D eigenvalue weighted by molar-refractivity contribution is 5.92. The van der Waals surface area contributed by atoms with Gasteiger partial charge in [0.05, 0.1) is 18.6 Å². The van der Waals surface area contributed by atoms with Crippen LogP contribution in [0.15, 0.2) is 24.2 Å². The van der Waals surface area contributed by atoms with Crippen LogP contribution in [0.3, 0.4) is 0 Å². The third-order valence-electron chi connectivity index (χ3n) is 1.86. The van der Waals surface area contributed by atoms with Crippen LogP contribution >= 0.6 is 0 Å². The first-order valence-electron chi connectivity index (χ1n) is 4.66. The molecule has 1 rings (SSSR count). The molecule has 1 amide bonds. The fourth-order valence-electron chi connectivity index (χ4n) is 1.10. The van der Waals surface area contributed by atoms with Gasteiger partial charge < -0.3 is 10.3 Å². The van der Waals surface area contributed by atoms with Gasteiger partial charge in [-0.05, 0) is 13.3 Å². The highest BCUT2D eigenvalue weighted by atomic mass is 16.1. The monoisotopic (exact) mass is 193 g/mol. The summed E-state index contributed by atoms with van der Waals surface area (Å²) in [5.41, 5.74) is 1.66. The molecule has 0 atom stereocenters. The molecule has 0 saturated carbocycles. The third-order valence-corrected chi connectivity index (χ3v) is 1.86. The number of aromatic amines is 1. The van der Waals surface area contributed by atoms with Crippen molar-refractivity contribution < 1.29 is 4.79 Å². The highest BCUT2D eigenvalue weighted by Gasteiger charge is 2.02. The van der Waals surface area contributed by atoms with Crippen molar-refractivity contribution in [1.82, 2.24) is 15.3 Å². The van der Waals surface area contributed by atoms with Crippen LogP contribution in [0.1, 0.15) is 26.0 Å². The highest BCUT2D eigenvalue weighted by Crippen LogP contribution is 1.96. The van der Waals surface area contributed by atoms with E-state index in [-0.39, 0.29) is 5.91 Å². The first-order chi connectivity index (χ1) is 6.74. The number of rotatable bonds is 4. The molecule has 1 heterocycles. The lowest BCUT2D eigenvalue weighted by Crippen LogP contribution is -2.23. The lowest BCUT2D eigenvalue weighted by atomic mass is 10.2. The molecule has 2 N–H and O–H groups in total. The molecular formula is C10H15N3O. The summed E-state index contributed by atoms with van der Waals surface area (Å²) in [6.07, 6.45) is 6.07. The summed E-state index contributed by atoms with van der Waals surface area (Å²) < 4.78 is 0. The van der Waals surface area contributed by atoms with Gasteiger partial charge in [-0.1, -0.05) is 13.0 Å². The van der Waals surface area contributed by atoms with Gasteiger partial charge >= 0.3 is 0 Å². The Bertz CT molecular complexity index is 314. The predicted molar refractivity (Wildman–Crippen MR) is 54.5 cm³/mol. The largest absolute Gasteiger partial charge is 0.347 e. The molecule has 0 aromatic carbocycles. The summed E-state index contributed by atoms with van der Waals surface area (Å²) in [6.45, 7) is 4.31. The predicted octanol–water partition coefficient (Wildman–Crippen LogP) is 1.38. The van der Waals surface area contributed by atoms with E-state index < -0.39 is 0 Å². The van der Waals surface area contributed by atoms with E-state index in [0.717, 1.165) is 17.7 Å². The summed E-state index contributed by atoms with van der Waals surface area (Å²) in [5, 5.41) is 2.79. The quantitative estimate of drug-likeness (QED) is 0.710. The molecule has 0 spiro atoms. The average molecular weight is 193 g/mol. The van der Waals surface area contributed by atoms with E-state index in [9.17, 15) is 4.79 Å². The Kier molecular flexibility index (Phi) is 3.91. The number of hydrogen-bond donors (Lipinski definition) is 2. The van der Waals surface area contributed by atoms with E-state index in [0.29, 0.717) is 6.54 Å². The van der Waals surface area contributed by atoms with Crippen molar-refractivity contribution >= 4 is 5.91 Å². The van der Waals surface area contributed by atoms with E-state index in [1.807, 2.05) is 19.9 Å². The number of hydrogen-bond acceptors (Lipinski definition) is 2. The van der Waals surface area contributed by atoms with Gasteiger partial charge in [-0.3, -0.25) is 4.79 Å². The molecule has 0 fully saturated rings. The molecule has 76 valence electrons. The van der Waals surface area contributed by atoms with Gasteiger partial charge in [0.2, 0.25) is 5.91 Å². The van der Waals surface area contributed by atoms with Gasteiger partial charge in [0.25, 0.3) is 0 Å². The van der Waals surface area contributed by atoms with E-state index >= 15 is 0 Å². The minimum Gasteiger partial charge on any atom is -0.347 e. The number of nitrogens with one attached hydrogen (secondary N) is 2. The molecule has 1 aromatic rings. The van der Waals surface area contributed by atoms with Gasteiger partial charge in [-0.25, -0.2) is 4.98 Å². The smallest absolute Gasteiger partial charge is 0.246 e. The molecule has 0 aliphatic carbocycles. The van der Waals surface area contributed by atoms with Gasteiger partial charge in [0.15, 0.2) is 0 Å². The van der Waals surface area contributed by atoms with Gasteiger partial charge in [-0.15, -0.1) is 0 Å². The minimum absolute atomic E-state index is 0.0264. The molecule has 0 aliphatic heterocycles. The fraction of sp³-hybridized carbons (Fsp3) is 0.400. The summed E-state index contributed by atoms with van der Waals surface area (Å²) in [4.78, 5) is 18.2. The Hall–Kier alpha value is -1.58. The number of amides is 1. The van der Waals surface area contributed by atoms with Crippen LogP contribution in [0.25, 0.3) is 0 Å². The summed E-state index contributed by atoms with van der Waals surface area (Å²) >= 11 is 0. The Morgan fingerprint density at radius 1 is 1.71 bits per heavy atom. The second-order valence-corrected chi connectivity index (χ2v) is 3.05. The van der Waals surface area contributed by atoms with E-state index in [4.69, 9.17) is 0 Å². The maximum atomic E-state index is 11.4. The first kappa shape index (κ1) is 10.5. The van der Waals surface area contributed by atoms with Crippen molar-refractivity contribution in [3.63, 3.8) is 0 Å². The van der Waals surface area contributed by atoms with E-state index in [1.54, 1.807) is 12.5 Å². The van der Waals surface area contributed by atoms with Crippen molar-refractivity contribution in [2.45, 2.75) is 26.8 Å². The number of carbonyl (C=O) groups is 1. The molecular weight excluding hydrogens is 178 g/mol. The van der Waals surface area contributed by atoms with E-state index in [1.165, 1.54) is 0 Å². The molecule has 0 bridgehead atoms. The number of nitrogens with zero attached hydrogens (tertiary/aromatic N) is 1. The van der Waals surface area contributed by atoms with Crippen molar-refractivity contribution in [1.29, 1.82) is 0 Å². The lowest BCUT2D eigenvalue weighted by molar-refractivity contribution is -0.117. The maximum absolute atomic E-state index is 11.4. The Balaban J connectivity index is 2.39. The number of H-pyrrole nitrogens is 1. The summed E-state index contributed by atoms with van der Waals surface area (Å²) in [5.74, 6) is -0.0264. The molecule has 4 heteroatoms. The third kappa shape index (κ3) is 3.05. The Morgan fingerprint density at radius 2 is 2.50 bits per heavy atom. The summed E-state index contributed by atoms with van der Waals surface area (Å²) in [6, 6.07) is 0. The zero-order chi connectivity index (χ0) is 10.4. The minimum atomic E-state index is -0.0264. The number of allylic oxidation sites excluding steroid dienone is 1. The standard InChI is InChI=1S/C10H15N3O/c1-3-4-8(2)10(14)12-6-9-5-11-7-13-9/h4-5,7H,3,6H2,1-2H3,(H,11,13)(H,12,14). The number of aromatic nitrogens is 2. The molecule has 0 radical (unpaired) electrons. The zero-order valence-corrected chi connectivity index (χ0v) is 8.50. The summed E-state index contributed by atoms with van der Waals surface area (Å²) in [7, 11) is 0. The number of carbonyl (C=O) groups excluding carboxylic acids is 1. The van der Waals surface area contributed by atoms with E-state index in [2.05, 4.69) is 15.3 Å². The van der Waals surface area contributed by atoms with Crippen molar-refractivity contribution in [3.05, 3.63) is 29.9 Å². The van der Waals surface area contributed by atoms with Gasteiger partial charge in [0, 0.05) is 11.8 Å². The molecule has 4 nitrogen and oxygen atoms in total. The van der Waals surface area contributed by atoms with Crippen LogP contribution in [-0.2, 0) is 11.3 Å². The topological polar surface area (TPSA) is 57.8 Å². The van der Waals surface area contributed by atoms with Crippen LogP contribution in [0.2, 0.25) is 0 Å². The van der Waals surface area contributed by atoms with Crippen molar-refractivity contribution in [2.24, 2.45) is 0 Å². The SMILES string of the molecule is CCC=C(C)C(=O)NCc1cnc[nH]1. The number of imidazole rings is 1. The Labute approximate surface area is 83.4 Å². The van der Waals surface area contributed by atoms with Crippen molar-refractivity contribution in [2.75, 3.05) is 0 Å². The van der Waals surface area contributed by atoms with Crippen LogP contribution in [0, 0.1) is 0 Å². The average Bonchev–Trinajstić information content (AvgIpc) is 2.67. The second kappa shape index (κ2) is 5.21. The van der Waals surface area contributed by atoms with Crippen LogP contribution in [0.4, 0.5) is 0 Å². The normalized spacial score (nSPS) is 11.4. The molecule has 1 aromatic heterocycles. The molecule has 0 saturated heterocycles. The molecule has 0 unspecified atom stereocenters. The van der Waals surface area contributed by atoms with Crippen LogP contribution in [-0.4, -0.2) is 15.9 Å². The van der Waals surface area contributed by atoms with Crippen LogP contribution in [0.5, 0.6) is 0 Å². The van der Waals surface area contributed by atoms with Gasteiger partial charge in [-0.2, -0.15) is 0 Å². The zero-order valence-electron chi connectivity index (χ0n) is 8.50. The second-order valence-electron chi connectivity index (χ2n) is 3.05. The fourth-order valence-corrected chi connectivity index (χ4v) is 1.10. The van der Waals surface area contributed by atoms with Crippen LogP contribution < -0.4 is 5.32 Å². The maximum Gasteiger partial charge on any atom is 0.246 e. The Morgan fingerprint density at radius 3 is 3.07 bits per heavy atom.